The maximum absolute atomic E-state index is 12.7. The molecule has 1 saturated heterocycles. The van der Waals surface area contributed by atoms with Gasteiger partial charge in [0, 0.05) is 46.5 Å². The molecule has 10 nitrogen and oxygen atoms in total. The van der Waals surface area contributed by atoms with Gasteiger partial charge in [0.1, 0.15) is 0 Å². The fourth-order valence-corrected chi connectivity index (χ4v) is 4.74. The Morgan fingerprint density at radius 1 is 1.00 bits per heavy atom. The van der Waals surface area contributed by atoms with E-state index in [1.807, 2.05) is 6.92 Å². The number of hydrogen-bond donors (Lipinski definition) is 2. The lowest BCUT2D eigenvalue weighted by molar-refractivity contribution is -0.384. The number of nitro groups is 1. The highest BCUT2D eigenvalue weighted by Gasteiger charge is 2.34. The molecule has 0 aromatic heterocycles. The number of nitrogens with zero attached hydrogens (tertiary/aromatic N) is 2. The Balaban J connectivity index is 1.35. The molecule has 3 aromatic rings. The molecule has 39 heavy (non-hydrogen) atoms. The summed E-state index contributed by atoms with van der Waals surface area (Å²) in [6.07, 6.45) is 1.49. The van der Waals surface area contributed by atoms with Crippen LogP contribution in [0.1, 0.15) is 31.8 Å². The van der Waals surface area contributed by atoms with Crippen molar-refractivity contribution in [1.29, 1.82) is 0 Å². The zero-order valence-electron chi connectivity index (χ0n) is 20.5. The predicted molar refractivity (Wildman–Crippen MR) is 151 cm³/mol. The first-order chi connectivity index (χ1) is 18.6. The summed E-state index contributed by atoms with van der Waals surface area (Å²) in [6, 6.07) is 17.4. The Labute approximate surface area is 235 Å². The minimum Gasteiger partial charge on any atom is -0.350 e. The number of carbonyl (C=O) groups is 4. The second kappa shape index (κ2) is 12.0. The number of non-ortho nitro benzene ring substituents is 1. The van der Waals surface area contributed by atoms with Crippen LogP contribution in [0, 0.1) is 17.0 Å². The van der Waals surface area contributed by atoms with E-state index < -0.39 is 22.0 Å². The molecule has 0 radical (unpaired) electrons. The highest BCUT2D eigenvalue weighted by atomic mass is 79.9. The van der Waals surface area contributed by atoms with Crippen molar-refractivity contribution in [2.45, 2.75) is 6.92 Å². The van der Waals surface area contributed by atoms with Gasteiger partial charge in [-0.05, 0) is 84.4 Å². The van der Waals surface area contributed by atoms with E-state index in [-0.39, 0.29) is 29.6 Å². The van der Waals surface area contributed by atoms with Crippen molar-refractivity contribution in [3.8, 4) is 0 Å². The third-order valence-corrected chi connectivity index (χ3v) is 7.19. The molecule has 1 heterocycles. The number of carbonyl (C=O) groups excluding carboxylic acids is 4. The van der Waals surface area contributed by atoms with Crippen LogP contribution < -0.4 is 10.6 Å². The Morgan fingerprint density at radius 3 is 2.33 bits per heavy atom. The normalized spacial score (nSPS) is 14.0. The van der Waals surface area contributed by atoms with Gasteiger partial charge in [-0.2, -0.15) is 0 Å². The second-order valence-electron chi connectivity index (χ2n) is 8.43. The molecule has 0 spiro atoms. The summed E-state index contributed by atoms with van der Waals surface area (Å²) in [5, 5.41) is 15.8. The minimum atomic E-state index is -0.524. The van der Waals surface area contributed by atoms with Crippen LogP contribution in [0.5, 0.6) is 0 Å². The fraction of sp³-hybridized carbons (Fsp3) is 0.111. The highest BCUT2D eigenvalue weighted by molar-refractivity contribution is 9.10. The SMILES string of the molecule is Cc1ccc(C(=O)NCCN2C(=O)S/C(=C/c3ccc([N+](=O)[O-])cc3)C2=O)cc1NC(=O)c1ccc(Br)cc1. The number of benzene rings is 3. The number of thioether (sulfide) groups is 1. The van der Waals surface area contributed by atoms with Gasteiger partial charge in [0.15, 0.2) is 0 Å². The third-order valence-electron chi connectivity index (χ3n) is 5.75. The number of nitrogens with one attached hydrogen (secondary N) is 2. The molecule has 0 unspecified atom stereocenters. The van der Waals surface area contributed by atoms with Crippen molar-refractivity contribution < 1.29 is 24.1 Å². The lowest BCUT2D eigenvalue weighted by atomic mass is 10.1. The summed E-state index contributed by atoms with van der Waals surface area (Å²) < 4.78 is 0.849. The molecule has 198 valence electrons. The van der Waals surface area contributed by atoms with Crippen LogP contribution in [0.25, 0.3) is 6.08 Å². The summed E-state index contributed by atoms with van der Waals surface area (Å²) >= 11 is 4.09. The molecule has 0 atom stereocenters. The topological polar surface area (TPSA) is 139 Å². The molecular weight excluding hydrogens is 588 g/mol. The van der Waals surface area contributed by atoms with E-state index in [1.165, 1.54) is 30.3 Å². The van der Waals surface area contributed by atoms with Crippen LogP contribution in [0.4, 0.5) is 16.2 Å². The predicted octanol–water partition coefficient (Wildman–Crippen LogP) is 5.38. The van der Waals surface area contributed by atoms with Gasteiger partial charge in [0.2, 0.25) is 0 Å². The zero-order chi connectivity index (χ0) is 28.1. The molecule has 1 fully saturated rings. The Bertz CT molecular complexity index is 1510. The first kappa shape index (κ1) is 27.7. The van der Waals surface area contributed by atoms with E-state index in [1.54, 1.807) is 42.5 Å². The monoisotopic (exact) mass is 608 g/mol. The summed E-state index contributed by atoms with van der Waals surface area (Å²) in [4.78, 5) is 61.9. The quantitative estimate of drug-likeness (QED) is 0.199. The maximum atomic E-state index is 12.7. The minimum absolute atomic E-state index is 0.0240. The summed E-state index contributed by atoms with van der Waals surface area (Å²) in [7, 11) is 0. The third kappa shape index (κ3) is 6.78. The number of halogens is 1. The Hall–Kier alpha value is -4.29. The smallest absolute Gasteiger partial charge is 0.293 e. The number of rotatable bonds is 8. The lowest BCUT2D eigenvalue weighted by Gasteiger charge is -2.14. The molecule has 4 rings (SSSR count). The number of aryl methyl sites for hydroxylation is 1. The van der Waals surface area contributed by atoms with E-state index in [9.17, 15) is 29.3 Å². The number of amides is 4. The first-order valence-electron chi connectivity index (χ1n) is 11.6. The van der Waals surface area contributed by atoms with Gasteiger partial charge in [-0.1, -0.05) is 22.0 Å². The Morgan fingerprint density at radius 2 is 1.67 bits per heavy atom. The van der Waals surface area contributed by atoms with Crippen molar-refractivity contribution in [2.24, 2.45) is 0 Å². The van der Waals surface area contributed by atoms with Crippen LogP contribution in [-0.4, -0.2) is 45.9 Å². The largest absolute Gasteiger partial charge is 0.350 e. The first-order valence-corrected chi connectivity index (χ1v) is 13.2. The van der Waals surface area contributed by atoms with E-state index in [0.717, 1.165) is 26.7 Å². The van der Waals surface area contributed by atoms with Crippen molar-refractivity contribution in [1.82, 2.24) is 10.2 Å². The Kier molecular flexibility index (Phi) is 8.57. The molecule has 3 aromatic carbocycles. The van der Waals surface area contributed by atoms with Gasteiger partial charge in [0.05, 0.1) is 9.83 Å². The number of imide groups is 1. The van der Waals surface area contributed by atoms with Crippen LogP contribution in [-0.2, 0) is 4.79 Å². The maximum Gasteiger partial charge on any atom is 0.293 e. The standard InChI is InChI=1S/C27H21BrN4O6S/c1-16-2-5-19(15-22(16)30-25(34)18-6-8-20(28)9-7-18)24(33)29-12-13-31-26(35)23(39-27(31)36)14-17-3-10-21(11-4-17)32(37)38/h2-11,14-15H,12-13H2,1H3,(H,29,33)(H,30,34)/b23-14+. The van der Waals surface area contributed by atoms with Crippen LogP contribution in [0.3, 0.4) is 0 Å². The molecule has 4 amide bonds. The molecule has 0 bridgehead atoms. The molecule has 12 heteroatoms. The fourth-order valence-electron chi connectivity index (χ4n) is 3.61. The van der Waals surface area contributed by atoms with Crippen LogP contribution in [0.15, 0.2) is 76.1 Å². The van der Waals surface area contributed by atoms with E-state index in [2.05, 4.69) is 26.6 Å². The summed E-state index contributed by atoms with van der Waals surface area (Å²) in [5.74, 6) is -1.25. The van der Waals surface area contributed by atoms with E-state index >= 15 is 0 Å². The average Bonchev–Trinajstić information content (AvgIpc) is 3.17. The van der Waals surface area contributed by atoms with Crippen molar-refractivity contribution in [3.63, 3.8) is 0 Å². The van der Waals surface area contributed by atoms with Gasteiger partial charge >= 0.3 is 0 Å². The lowest BCUT2D eigenvalue weighted by Crippen LogP contribution is -2.37. The molecule has 1 aliphatic heterocycles. The molecule has 0 aliphatic carbocycles. The number of anilines is 1. The van der Waals surface area contributed by atoms with E-state index in [0.29, 0.717) is 22.4 Å². The van der Waals surface area contributed by atoms with Gasteiger partial charge in [-0.3, -0.25) is 34.2 Å². The average molecular weight is 609 g/mol. The zero-order valence-corrected chi connectivity index (χ0v) is 22.9. The highest BCUT2D eigenvalue weighted by Crippen LogP contribution is 2.32. The summed E-state index contributed by atoms with van der Waals surface area (Å²) in [6.45, 7) is 1.80. The van der Waals surface area contributed by atoms with E-state index in [4.69, 9.17) is 0 Å². The van der Waals surface area contributed by atoms with Gasteiger partial charge in [0.25, 0.3) is 28.6 Å². The van der Waals surface area contributed by atoms with Crippen LogP contribution >= 0.6 is 27.7 Å². The van der Waals surface area contributed by atoms with Gasteiger partial charge in [-0.25, -0.2) is 0 Å². The molecule has 2 N–H and O–H groups in total. The molecule has 1 aliphatic rings. The van der Waals surface area contributed by atoms with Crippen molar-refractivity contribution in [3.05, 3.63) is 108 Å². The van der Waals surface area contributed by atoms with Crippen molar-refractivity contribution in [2.75, 3.05) is 18.4 Å². The molecule has 0 saturated carbocycles. The van der Waals surface area contributed by atoms with Gasteiger partial charge in [-0.15, -0.1) is 0 Å². The van der Waals surface area contributed by atoms with Gasteiger partial charge < -0.3 is 10.6 Å². The molecular formula is C27H21BrN4O6S. The van der Waals surface area contributed by atoms with Crippen LogP contribution in [0.2, 0.25) is 0 Å². The number of nitro benzene ring substituents is 1. The van der Waals surface area contributed by atoms with Crippen molar-refractivity contribution >= 4 is 68.1 Å². The number of hydrogen-bond acceptors (Lipinski definition) is 7. The second-order valence-corrected chi connectivity index (χ2v) is 10.3. The summed E-state index contributed by atoms with van der Waals surface area (Å²) in [5.41, 5.74) is 2.49.